The highest BCUT2D eigenvalue weighted by atomic mass is 19.1. The molecule has 1 unspecified atom stereocenters. The van der Waals surface area contributed by atoms with Gasteiger partial charge in [-0.1, -0.05) is 12.1 Å². The fraction of sp³-hybridized carbons (Fsp3) is 0.440. The van der Waals surface area contributed by atoms with E-state index in [1.165, 1.54) is 12.1 Å². The van der Waals surface area contributed by atoms with Gasteiger partial charge < -0.3 is 15.2 Å². The molecule has 0 saturated heterocycles. The van der Waals surface area contributed by atoms with Crippen molar-refractivity contribution in [3.05, 3.63) is 65.7 Å². The summed E-state index contributed by atoms with van der Waals surface area (Å²) in [6, 6.07) is 12.8. The third-order valence-electron chi connectivity index (χ3n) is 6.44. The highest BCUT2D eigenvalue weighted by Crippen LogP contribution is 2.29. The van der Waals surface area contributed by atoms with Crippen molar-refractivity contribution in [3.8, 4) is 0 Å². The van der Waals surface area contributed by atoms with E-state index in [4.69, 9.17) is 0 Å². The van der Waals surface area contributed by atoms with Gasteiger partial charge >= 0.3 is 0 Å². The number of nitrogens with zero attached hydrogens (tertiary/aromatic N) is 2. The summed E-state index contributed by atoms with van der Waals surface area (Å²) in [4.78, 5) is 22.8. The number of benzene rings is 1. The van der Waals surface area contributed by atoms with Crippen LogP contribution < -0.4 is 5.32 Å². The van der Waals surface area contributed by atoms with Gasteiger partial charge in [0.15, 0.2) is 0 Å². The van der Waals surface area contributed by atoms with Crippen LogP contribution in [0.5, 0.6) is 0 Å². The Morgan fingerprint density at radius 1 is 1.26 bits per heavy atom. The fourth-order valence-corrected chi connectivity index (χ4v) is 4.83. The first kappa shape index (κ1) is 21.5. The Bertz CT molecular complexity index is 1010. The number of amides is 1. The van der Waals surface area contributed by atoms with Crippen molar-refractivity contribution >= 4 is 16.9 Å². The Hall–Kier alpha value is -2.73. The van der Waals surface area contributed by atoms with Crippen molar-refractivity contribution < 1.29 is 9.18 Å². The third-order valence-corrected chi connectivity index (χ3v) is 6.44. The molecule has 0 bridgehead atoms. The van der Waals surface area contributed by atoms with Crippen molar-refractivity contribution in [1.29, 1.82) is 0 Å². The van der Waals surface area contributed by atoms with Crippen LogP contribution in [-0.4, -0.2) is 39.4 Å². The van der Waals surface area contributed by atoms with Crippen LogP contribution in [0.2, 0.25) is 0 Å². The van der Waals surface area contributed by atoms with E-state index in [9.17, 15) is 9.18 Å². The lowest BCUT2D eigenvalue weighted by atomic mass is 9.86. The minimum absolute atomic E-state index is 0.0314. The van der Waals surface area contributed by atoms with Crippen molar-refractivity contribution in [2.24, 2.45) is 0 Å². The molecular formula is C25H31FN4O. The van der Waals surface area contributed by atoms with E-state index in [0.717, 1.165) is 42.3 Å². The van der Waals surface area contributed by atoms with Crippen LogP contribution in [0.1, 0.15) is 62.5 Å². The van der Waals surface area contributed by atoms with Gasteiger partial charge in [0.05, 0.1) is 11.0 Å². The molecule has 6 heteroatoms. The quantitative estimate of drug-likeness (QED) is 0.588. The van der Waals surface area contributed by atoms with Gasteiger partial charge in [-0.05, 0) is 82.3 Å². The Labute approximate surface area is 183 Å². The van der Waals surface area contributed by atoms with Crippen LogP contribution in [0, 0.1) is 5.82 Å². The van der Waals surface area contributed by atoms with Gasteiger partial charge in [-0.25, -0.2) is 4.39 Å². The second-order valence-electron chi connectivity index (χ2n) is 9.00. The van der Waals surface area contributed by atoms with Gasteiger partial charge in [-0.3, -0.25) is 9.78 Å². The molecule has 3 aromatic rings. The van der Waals surface area contributed by atoms with Crippen LogP contribution in [0.4, 0.5) is 4.39 Å². The molecule has 1 saturated carbocycles. The lowest BCUT2D eigenvalue weighted by molar-refractivity contribution is 0.0614. The monoisotopic (exact) mass is 422 g/mol. The average molecular weight is 423 g/mol. The highest BCUT2D eigenvalue weighted by Gasteiger charge is 2.33. The van der Waals surface area contributed by atoms with Crippen LogP contribution in [0.25, 0.3) is 11.0 Å². The molecule has 2 N–H and O–H groups in total. The Morgan fingerprint density at radius 3 is 2.74 bits per heavy atom. The van der Waals surface area contributed by atoms with Crippen molar-refractivity contribution in [2.45, 2.75) is 64.1 Å². The van der Waals surface area contributed by atoms with Gasteiger partial charge in [0.1, 0.15) is 11.5 Å². The van der Waals surface area contributed by atoms with Gasteiger partial charge in [0.25, 0.3) is 5.91 Å². The maximum Gasteiger partial charge on any atom is 0.270 e. The maximum atomic E-state index is 13.3. The molecule has 1 aliphatic rings. The molecule has 0 radical (unpaired) electrons. The summed E-state index contributed by atoms with van der Waals surface area (Å²) in [5.41, 5.74) is 3.07. The minimum Gasteiger partial charge on any atom is -0.349 e. The van der Waals surface area contributed by atoms with Gasteiger partial charge in [-0.15, -0.1) is 0 Å². The number of aromatic amines is 1. The first-order valence-electron chi connectivity index (χ1n) is 11.2. The number of carbonyl (C=O) groups is 1. The molecule has 1 aliphatic carbocycles. The van der Waals surface area contributed by atoms with E-state index < -0.39 is 0 Å². The van der Waals surface area contributed by atoms with E-state index >= 15 is 0 Å². The zero-order valence-corrected chi connectivity index (χ0v) is 18.5. The number of carbonyl (C=O) groups excluding carboxylic acids is 1. The van der Waals surface area contributed by atoms with Crippen molar-refractivity contribution in [1.82, 2.24) is 20.2 Å². The molecule has 2 aromatic heterocycles. The summed E-state index contributed by atoms with van der Waals surface area (Å²) >= 11 is 0. The third kappa shape index (κ3) is 4.64. The molecule has 2 atom stereocenters. The van der Waals surface area contributed by atoms with Gasteiger partial charge in [-0.2, -0.15) is 0 Å². The molecule has 2 heterocycles. The molecule has 1 aromatic carbocycles. The molecule has 164 valence electrons. The smallest absolute Gasteiger partial charge is 0.270 e. The minimum atomic E-state index is -0.274. The SMILES string of the molecule is CCN(C(=O)c1cc2ncccc2[nH]1)[C@H]1CCCC(NC(C)(C)c2ccc(F)cc2)C1. The largest absolute Gasteiger partial charge is 0.349 e. The van der Waals surface area contributed by atoms with E-state index in [2.05, 4.69) is 29.1 Å². The molecule has 1 fully saturated rings. The zero-order valence-electron chi connectivity index (χ0n) is 18.5. The Morgan fingerprint density at radius 2 is 2.03 bits per heavy atom. The Balaban J connectivity index is 1.47. The summed E-state index contributed by atoms with van der Waals surface area (Å²) in [7, 11) is 0. The number of hydrogen-bond donors (Lipinski definition) is 2. The fourth-order valence-electron chi connectivity index (χ4n) is 4.83. The van der Waals surface area contributed by atoms with Gasteiger partial charge in [0, 0.05) is 30.4 Å². The topological polar surface area (TPSA) is 61.0 Å². The van der Waals surface area contributed by atoms with Crippen LogP contribution in [-0.2, 0) is 5.54 Å². The number of hydrogen-bond acceptors (Lipinski definition) is 3. The molecule has 0 aliphatic heterocycles. The number of pyridine rings is 1. The second kappa shape index (κ2) is 8.79. The number of halogens is 1. The number of aromatic nitrogens is 2. The Kier molecular flexibility index (Phi) is 6.10. The standard InChI is InChI=1S/C25H31FN4O/c1-4-30(24(31)23-16-22-21(28-23)9-6-14-27-22)20-8-5-7-19(15-20)29-25(2,3)17-10-12-18(26)13-11-17/h6,9-14,16,19-20,28-29H,4-5,7-8,15H2,1-3H3/t19?,20-/m0/s1. The summed E-state index contributed by atoms with van der Waals surface area (Å²) in [6.45, 7) is 6.97. The molecule has 4 rings (SSSR count). The summed E-state index contributed by atoms with van der Waals surface area (Å²) < 4.78 is 13.3. The molecule has 31 heavy (non-hydrogen) atoms. The van der Waals surface area contributed by atoms with E-state index in [1.807, 2.05) is 42.2 Å². The average Bonchev–Trinajstić information content (AvgIpc) is 3.19. The van der Waals surface area contributed by atoms with E-state index in [1.54, 1.807) is 6.20 Å². The molecule has 0 spiro atoms. The van der Waals surface area contributed by atoms with Crippen LogP contribution >= 0.6 is 0 Å². The number of nitrogens with one attached hydrogen (secondary N) is 2. The first-order chi connectivity index (χ1) is 14.9. The van der Waals surface area contributed by atoms with Crippen molar-refractivity contribution in [2.75, 3.05) is 6.54 Å². The zero-order chi connectivity index (χ0) is 22.0. The highest BCUT2D eigenvalue weighted by molar-refractivity contribution is 5.97. The van der Waals surface area contributed by atoms with E-state index in [-0.39, 0.29) is 23.3 Å². The molecular weight excluding hydrogens is 391 g/mol. The van der Waals surface area contributed by atoms with Crippen LogP contribution in [0.3, 0.4) is 0 Å². The summed E-state index contributed by atoms with van der Waals surface area (Å²) in [5, 5.41) is 3.76. The van der Waals surface area contributed by atoms with Crippen molar-refractivity contribution in [3.63, 3.8) is 0 Å². The molecule has 5 nitrogen and oxygen atoms in total. The predicted molar refractivity (Wildman–Crippen MR) is 121 cm³/mol. The summed E-state index contributed by atoms with van der Waals surface area (Å²) in [5.74, 6) is -0.189. The first-order valence-corrected chi connectivity index (χ1v) is 11.2. The van der Waals surface area contributed by atoms with Crippen LogP contribution in [0.15, 0.2) is 48.7 Å². The normalized spacial score (nSPS) is 19.5. The van der Waals surface area contributed by atoms with Gasteiger partial charge in [0.2, 0.25) is 0 Å². The second-order valence-corrected chi connectivity index (χ2v) is 9.00. The van der Waals surface area contributed by atoms with E-state index in [0.29, 0.717) is 18.3 Å². The number of rotatable bonds is 6. The molecule has 1 amide bonds. The number of fused-ring (bicyclic) bond motifs is 1. The maximum absolute atomic E-state index is 13.3. The lowest BCUT2D eigenvalue weighted by Crippen LogP contribution is -2.51. The lowest BCUT2D eigenvalue weighted by Gasteiger charge is -2.40. The summed E-state index contributed by atoms with van der Waals surface area (Å²) in [6.07, 6.45) is 5.79. The predicted octanol–water partition coefficient (Wildman–Crippen LogP) is 5.00. The number of H-pyrrole nitrogens is 1.